The summed E-state index contributed by atoms with van der Waals surface area (Å²) in [5.74, 6) is 2.35. The van der Waals surface area contributed by atoms with E-state index >= 15 is 0 Å². The van der Waals surface area contributed by atoms with Crippen molar-refractivity contribution in [3.8, 4) is 11.8 Å². The Morgan fingerprint density at radius 3 is 2.47 bits per heavy atom. The van der Waals surface area contributed by atoms with Gasteiger partial charge in [-0.2, -0.15) is 15.0 Å². The molecule has 0 radical (unpaired) electrons. The zero-order chi connectivity index (χ0) is 21.1. The van der Waals surface area contributed by atoms with Crippen molar-refractivity contribution in [2.24, 2.45) is 10.1 Å². The quantitative estimate of drug-likeness (QED) is 0.756. The van der Waals surface area contributed by atoms with Crippen LogP contribution in [0, 0.1) is 6.92 Å². The highest BCUT2D eigenvalue weighted by molar-refractivity contribution is 6.03. The second kappa shape index (κ2) is 8.23. The molecule has 0 atom stereocenters. The van der Waals surface area contributed by atoms with Crippen molar-refractivity contribution in [3.63, 3.8) is 0 Å². The number of guanidine groups is 1. The third-order valence-corrected chi connectivity index (χ3v) is 5.35. The van der Waals surface area contributed by atoms with E-state index in [1.165, 1.54) is 0 Å². The van der Waals surface area contributed by atoms with Crippen LogP contribution in [0.2, 0.25) is 0 Å². The summed E-state index contributed by atoms with van der Waals surface area (Å²) in [7, 11) is 5.31. The van der Waals surface area contributed by atoms with Crippen LogP contribution in [0.5, 0.6) is 11.8 Å². The molecule has 1 saturated heterocycles. The Balaban J connectivity index is 1.68. The molecule has 2 aliphatic heterocycles. The lowest BCUT2D eigenvalue weighted by Gasteiger charge is -2.42. The fraction of sp³-hybridized carbons (Fsp3) is 0.450. The van der Waals surface area contributed by atoms with Gasteiger partial charge in [0.1, 0.15) is 17.2 Å². The molecule has 2 aromatic rings. The molecule has 0 aliphatic carbocycles. The van der Waals surface area contributed by atoms with Gasteiger partial charge in [-0.05, 0) is 43.8 Å². The van der Waals surface area contributed by atoms with Gasteiger partial charge in [0.05, 0.1) is 14.2 Å². The second-order valence-corrected chi connectivity index (χ2v) is 7.39. The average Bonchev–Trinajstić information content (AvgIpc) is 3.12. The van der Waals surface area contributed by atoms with Gasteiger partial charge in [-0.15, -0.1) is 5.10 Å². The molecule has 1 spiro atoms. The number of nitrogens with one attached hydrogen (secondary N) is 1. The minimum absolute atomic E-state index is 0.269. The third kappa shape index (κ3) is 3.90. The number of hydrogen-bond donors (Lipinski definition) is 1. The second-order valence-electron chi connectivity index (χ2n) is 7.39. The van der Waals surface area contributed by atoms with Gasteiger partial charge >= 0.3 is 6.01 Å². The van der Waals surface area contributed by atoms with E-state index in [1.54, 1.807) is 20.4 Å². The van der Waals surface area contributed by atoms with E-state index < -0.39 is 5.66 Å². The first-order valence-corrected chi connectivity index (χ1v) is 9.81. The summed E-state index contributed by atoms with van der Waals surface area (Å²) in [6.07, 6.45) is 3.47. The molecule has 1 aromatic carbocycles. The van der Waals surface area contributed by atoms with Crippen LogP contribution in [0.25, 0.3) is 0 Å². The van der Waals surface area contributed by atoms with Gasteiger partial charge in [-0.3, -0.25) is 10.3 Å². The number of rotatable bonds is 4. The Hall–Kier alpha value is -3.27. The molecule has 30 heavy (non-hydrogen) atoms. The van der Waals surface area contributed by atoms with E-state index in [1.807, 2.05) is 36.1 Å². The highest BCUT2D eigenvalue weighted by Gasteiger charge is 2.47. The molecular weight excluding hydrogens is 384 g/mol. The minimum atomic E-state index is -0.433. The predicted molar refractivity (Wildman–Crippen MR) is 114 cm³/mol. The van der Waals surface area contributed by atoms with E-state index in [2.05, 4.69) is 42.4 Å². The smallest absolute Gasteiger partial charge is 0.321 e. The maximum Gasteiger partial charge on any atom is 0.321 e. The molecule has 1 fully saturated rings. The Labute approximate surface area is 175 Å². The van der Waals surface area contributed by atoms with E-state index in [9.17, 15) is 0 Å². The van der Waals surface area contributed by atoms with Gasteiger partial charge in [-0.25, -0.2) is 4.99 Å². The highest BCUT2D eigenvalue weighted by atomic mass is 16.5. The number of aryl methyl sites for hydroxylation is 1. The van der Waals surface area contributed by atoms with Crippen LogP contribution >= 0.6 is 0 Å². The van der Waals surface area contributed by atoms with Crippen molar-refractivity contribution in [1.82, 2.24) is 25.3 Å². The van der Waals surface area contributed by atoms with Crippen molar-refractivity contribution in [1.29, 1.82) is 0 Å². The molecule has 0 bridgehead atoms. The van der Waals surface area contributed by atoms with E-state index in [4.69, 9.17) is 9.47 Å². The van der Waals surface area contributed by atoms with Crippen molar-refractivity contribution < 1.29 is 9.47 Å². The van der Waals surface area contributed by atoms with Crippen molar-refractivity contribution in [2.45, 2.75) is 25.4 Å². The maximum absolute atomic E-state index is 5.27. The standard InChI is InChI=1S/C20H26N8O2/c1-14-22-18(24-19(23-14)30-4)28-17(21-13-15-5-7-16(29-3)8-6-15)25-26-20(28)9-11-27(2)12-10-20/h5-8,13,26H,9-12H2,1-4H3/b21-13+. The van der Waals surface area contributed by atoms with Crippen LogP contribution in [0.1, 0.15) is 24.2 Å². The summed E-state index contributed by atoms with van der Waals surface area (Å²) in [5, 5.41) is 4.54. The number of aromatic nitrogens is 3. The molecule has 10 nitrogen and oxygen atoms in total. The monoisotopic (exact) mass is 410 g/mol. The fourth-order valence-corrected chi connectivity index (χ4v) is 3.59. The van der Waals surface area contributed by atoms with Crippen LogP contribution in [-0.2, 0) is 0 Å². The average molecular weight is 410 g/mol. The van der Waals surface area contributed by atoms with Crippen LogP contribution in [0.15, 0.2) is 34.4 Å². The predicted octanol–water partition coefficient (Wildman–Crippen LogP) is 1.42. The normalized spacial score (nSPS) is 18.5. The number of anilines is 1. The number of nitrogens with zero attached hydrogens (tertiary/aromatic N) is 7. The van der Waals surface area contributed by atoms with E-state index in [0.29, 0.717) is 17.7 Å². The summed E-state index contributed by atoms with van der Waals surface area (Å²) in [5.41, 5.74) is 3.82. The topological polar surface area (TPSA) is 100 Å². The lowest BCUT2D eigenvalue weighted by molar-refractivity contribution is 0.171. The first kappa shape index (κ1) is 20.0. The molecule has 0 unspecified atom stereocenters. The van der Waals surface area contributed by atoms with Gasteiger partial charge in [0, 0.05) is 32.1 Å². The van der Waals surface area contributed by atoms with Gasteiger partial charge in [0.15, 0.2) is 0 Å². The van der Waals surface area contributed by atoms with E-state index in [-0.39, 0.29) is 6.01 Å². The van der Waals surface area contributed by atoms with Crippen molar-refractivity contribution >= 4 is 18.1 Å². The molecule has 1 N–H and O–H groups in total. The summed E-state index contributed by atoms with van der Waals surface area (Å²) in [4.78, 5) is 22.2. The van der Waals surface area contributed by atoms with Crippen molar-refractivity contribution in [3.05, 3.63) is 35.7 Å². The number of aliphatic imine (C=N–C) groups is 1. The maximum atomic E-state index is 5.27. The molecule has 10 heteroatoms. The minimum Gasteiger partial charge on any atom is -0.497 e. The van der Waals surface area contributed by atoms with Crippen LogP contribution in [0.4, 0.5) is 5.95 Å². The van der Waals surface area contributed by atoms with Crippen LogP contribution < -0.4 is 19.8 Å². The largest absolute Gasteiger partial charge is 0.497 e. The number of methoxy groups -OCH3 is 2. The number of hydrazone groups is 1. The zero-order valence-electron chi connectivity index (χ0n) is 17.7. The Kier molecular flexibility index (Phi) is 5.49. The van der Waals surface area contributed by atoms with Crippen LogP contribution in [0.3, 0.4) is 0 Å². The van der Waals surface area contributed by atoms with Gasteiger partial charge < -0.3 is 14.4 Å². The Morgan fingerprint density at radius 1 is 1.07 bits per heavy atom. The third-order valence-electron chi connectivity index (χ3n) is 5.35. The van der Waals surface area contributed by atoms with Crippen molar-refractivity contribution in [2.75, 3.05) is 39.3 Å². The molecule has 0 saturated carbocycles. The number of hydrogen-bond acceptors (Lipinski definition) is 10. The van der Waals surface area contributed by atoms with Gasteiger partial charge in [-0.1, -0.05) is 0 Å². The fourth-order valence-electron chi connectivity index (χ4n) is 3.59. The van der Waals surface area contributed by atoms with Gasteiger partial charge in [0.25, 0.3) is 5.96 Å². The SMILES string of the molecule is COc1ccc(/C=N/C2=NNC3(CCN(C)CC3)N2c2nc(C)nc(OC)n2)cc1. The molecule has 1 aromatic heterocycles. The summed E-state index contributed by atoms with van der Waals surface area (Å²) in [6, 6.07) is 7.94. The molecule has 3 heterocycles. The Morgan fingerprint density at radius 2 is 1.80 bits per heavy atom. The summed E-state index contributed by atoms with van der Waals surface area (Å²) in [6.45, 7) is 3.67. The molecule has 0 amide bonds. The van der Waals surface area contributed by atoms with Gasteiger partial charge in [0.2, 0.25) is 5.95 Å². The first-order valence-electron chi connectivity index (χ1n) is 9.81. The highest BCUT2D eigenvalue weighted by Crippen LogP contribution is 2.33. The lowest BCUT2D eigenvalue weighted by Crippen LogP contribution is -2.60. The number of likely N-dealkylation sites (tertiary alicyclic amines) is 1. The number of benzene rings is 1. The summed E-state index contributed by atoms with van der Waals surface area (Å²) >= 11 is 0. The molecule has 158 valence electrons. The van der Waals surface area contributed by atoms with Crippen LogP contribution in [-0.4, -0.2) is 72.0 Å². The van der Waals surface area contributed by atoms with E-state index in [0.717, 1.165) is 37.2 Å². The number of piperidine rings is 1. The first-order chi connectivity index (χ1) is 14.5. The zero-order valence-corrected chi connectivity index (χ0v) is 17.7. The number of ether oxygens (including phenoxy) is 2. The lowest BCUT2D eigenvalue weighted by atomic mass is 9.96. The molecule has 2 aliphatic rings. The molecule has 4 rings (SSSR count). The molecular formula is C20H26N8O2. The summed E-state index contributed by atoms with van der Waals surface area (Å²) < 4.78 is 10.5. The Bertz CT molecular complexity index is 952.